The van der Waals surface area contributed by atoms with Crippen LogP contribution in [0.25, 0.3) is 0 Å². The first-order valence-corrected chi connectivity index (χ1v) is 0.643. The van der Waals surface area contributed by atoms with Crippen LogP contribution >= 0.6 is 0 Å². The van der Waals surface area contributed by atoms with Gasteiger partial charge in [-0.25, -0.2) is 0 Å². The highest BCUT2D eigenvalue weighted by Gasteiger charge is 1.38. The second-order valence-electron chi connectivity index (χ2n) is 0.197. The first-order valence-electron chi connectivity index (χ1n) is 0.643. The number of hydrazine groups is 1. The minimum Gasteiger partial charge on any atom is -0.773 e. The van der Waals surface area contributed by atoms with E-state index in [0.717, 1.165) is 5.59 Å². The van der Waals surface area contributed by atoms with Crippen molar-refractivity contribution in [3.8, 4) is 0 Å². The Kier molecular flexibility index (Phi) is 2.68. The van der Waals surface area contributed by atoms with Crippen molar-refractivity contribution in [3.05, 3.63) is 5.21 Å². The number of hydrogen-bond acceptors (Lipinski definition) is 3. The van der Waals surface area contributed by atoms with E-state index in [-0.39, 0.29) is 0 Å². The van der Waals surface area contributed by atoms with Crippen LogP contribution in [0.5, 0.6) is 0 Å². The fourth-order valence-electron chi connectivity index (χ4n) is 0. The number of rotatable bonds is 1. The zero-order valence-electron chi connectivity index (χ0n) is 1.79. The van der Waals surface area contributed by atoms with Crippen molar-refractivity contribution in [2.75, 3.05) is 0 Å². The van der Waals surface area contributed by atoms with E-state index in [1.165, 1.54) is 0 Å². The van der Waals surface area contributed by atoms with Crippen molar-refractivity contribution < 1.29 is 4.48 Å². The number of halogens is 1. The molecule has 3 nitrogen and oxygen atoms in total. The van der Waals surface area contributed by atoms with Gasteiger partial charge in [-0.05, 0) is 0 Å². The van der Waals surface area contributed by atoms with Gasteiger partial charge in [0.05, 0.1) is 0 Å². The minimum atomic E-state index is 0.625. The normalized spacial score (nSPS) is 7.50. The zero-order valence-corrected chi connectivity index (χ0v) is 1.79. The van der Waals surface area contributed by atoms with Crippen molar-refractivity contribution >= 4 is 0 Å². The maximum atomic E-state index is 10.0. The number of hydrogen-bond donors (Lipinski definition) is 2. The second-order valence-corrected chi connectivity index (χ2v) is 0.197. The Morgan fingerprint density at radius 3 is 2.00 bits per heavy atom. The average Bonchev–Trinajstić information content (AvgIpc) is 1.37. The van der Waals surface area contributed by atoms with Gasteiger partial charge in [0.25, 0.3) is 0 Å². The Morgan fingerprint density at radius 1 is 1.75 bits per heavy atom. The van der Waals surface area contributed by atoms with E-state index in [1.807, 2.05) is 0 Å². The van der Waals surface area contributed by atoms with E-state index >= 15 is 0 Å². The summed E-state index contributed by atoms with van der Waals surface area (Å²) in [6, 6.07) is 0. The van der Waals surface area contributed by atoms with Crippen LogP contribution in [0.3, 0.4) is 0 Å². The highest BCUT2D eigenvalue weighted by molar-refractivity contribution is 4.12. The standard InChI is InChI=1S/FH2N2O/c1-2-3-4/h2-3H/q-1. The van der Waals surface area contributed by atoms with Gasteiger partial charge in [-0.15, -0.1) is 10.1 Å². The summed E-state index contributed by atoms with van der Waals surface area (Å²) in [6.07, 6.45) is 0. The van der Waals surface area contributed by atoms with Crippen LogP contribution in [-0.4, -0.2) is 0 Å². The molecule has 26 valence electrons. The van der Waals surface area contributed by atoms with E-state index in [1.54, 1.807) is 0 Å². The van der Waals surface area contributed by atoms with Crippen LogP contribution in [0, 0.1) is 5.21 Å². The Labute approximate surface area is 22.3 Å². The van der Waals surface area contributed by atoms with Crippen molar-refractivity contribution in [2.45, 2.75) is 0 Å². The van der Waals surface area contributed by atoms with Gasteiger partial charge in [-0.1, -0.05) is 0 Å². The summed E-state index contributed by atoms with van der Waals surface area (Å²) >= 11 is 0. The van der Waals surface area contributed by atoms with Crippen molar-refractivity contribution in [1.82, 2.24) is 11.2 Å². The van der Waals surface area contributed by atoms with Gasteiger partial charge in [0, 0.05) is 0 Å². The molecular formula is H2FN2O-. The van der Waals surface area contributed by atoms with Gasteiger partial charge in [0.1, 0.15) is 0 Å². The fraction of sp³-hybridized carbons (Fsp3) is 0. The lowest BCUT2D eigenvalue weighted by Crippen LogP contribution is -2.14. The van der Waals surface area contributed by atoms with Gasteiger partial charge in [-0.3, -0.25) is 0 Å². The molecule has 0 amide bonds. The monoisotopic (exact) mass is 65.0 g/mol. The SMILES string of the molecule is [O-]NNF. The van der Waals surface area contributed by atoms with Crippen LogP contribution in [0.2, 0.25) is 0 Å². The summed E-state index contributed by atoms with van der Waals surface area (Å²) in [5.74, 6) is 0. The van der Waals surface area contributed by atoms with Crippen molar-refractivity contribution in [2.24, 2.45) is 0 Å². The molecule has 0 aliphatic heterocycles. The summed E-state index contributed by atoms with van der Waals surface area (Å²) in [6.45, 7) is 0. The molecule has 0 unspecified atom stereocenters. The van der Waals surface area contributed by atoms with Crippen LogP contribution in [0.15, 0.2) is 0 Å². The molecule has 0 saturated carbocycles. The maximum Gasteiger partial charge on any atom is -0.105 e. The highest BCUT2D eigenvalue weighted by Crippen LogP contribution is 1.29. The highest BCUT2D eigenvalue weighted by atomic mass is 19.2. The smallest absolute Gasteiger partial charge is 0.105 e. The molecule has 0 aliphatic rings. The predicted molar refractivity (Wildman–Crippen MR) is 10.7 cm³/mol. The molecule has 0 aromatic rings. The second kappa shape index (κ2) is 2.81. The topological polar surface area (TPSA) is 47.1 Å². The molecule has 0 heterocycles. The Bertz CT molecular complexity index is 8.00. The molecule has 0 saturated heterocycles. The zero-order chi connectivity index (χ0) is 3.41. The van der Waals surface area contributed by atoms with Gasteiger partial charge < -0.3 is 10.8 Å². The average molecular weight is 65.0 g/mol. The Balaban J connectivity index is 1.97. The molecule has 0 fully saturated rings. The molecule has 4 heteroatoms. The van der Waals surface area contributed by atoms with E-state index in [0.29, 0.717) is 5.65 Å². The quantitative estimate of drug-likeness (QED) is 0.318. The first kappa shape index (κ1) is 3.81. The number of nitrogens with one attached hydrogen (secondary N) is 2. The Hall–Kier alpha value is -0.190. The summed E-state index contributed by atoms with van der Waals surface area (Å²) < 4.78 is 10.0. The van der Waals surface area contributed by atoms with E-state index < -0.39 is 0 Å². The summed E-state index contributed by atoms with van der Waals surface area (Å²) in [5.41, 5.74) is 1.39. The van der Waals surface area contributed by atoms with Gasteiger partial charge in [-0.2, -0.15) is 0 Å². The third-order valence-electron chi connectivity index (χ3n) is 0.0386. The van der Waals surface area contributed by atoms with E-state index in [4.69, 9.17) is 5.21 Å². The van der Waals surface area contributed by atoms with Crippen LogP contribution in [0.4, 0.5) is 4.48 Å². The van der Waals surface area contributed by atoms with Crippen LogP contribution in [0.1, 0.15) is 0 Å². The largest absolute Gasteiger partial charge is 0.773 e. The predicted octanol–water partition coefficient (Wildman–Crippen LogP) is -0.537. The van der Waals surface area contributed by atoms with Crippen LogP contribution < -0.4 is 11.2 Å². The molecule has 0 rings (SSSR count). The van der Waals surface area contributed by atoms with E-state index in [9.17, 15) is 4.48 Å². The molecule has 0 spiro atoms. The molecule has 2 N–H and O–H groups in total. The molecule has 0 aromatic heterocycles. The molecule has 0 bridgehead atoms. The summed E-state index contributed by atoms with van der Waals surface area (Å²) in [7, 11) is 0. The molecular weight excluding hydrogens is 63.0 g/mol. The van der Waals surface area contributed by atoms with Crippen molar-refractivity contribution in [1.29, 1.82) is 0 Å². The van der Waals surface area contributed by atoms with Gasteiger partial charge in [0.15, 0.2) is 0 Å². The Morgan fingerprint density at radius 2 is 2.00 bits per heavy atom. The third-order valence-corrected chi connectivity index (χ3v) is 0.0386. The third kappa shape index (κ3) is 1.81. The summed E-state index contributed by atoms with van der Waals surface area (Å²) in [5, 5.41) is 8.56. The molecule has 0 atom stereocenters. The lowest BCUT2D eigenvalue weighted by Gasteiger charge is -1.94. The molecule has 0 aliphatic carbocycles. The van der Waals surface area contributed by atoms with Gasteiger partial charge in [0.2, 0.25) is 0 Å². The molecule has 0 aromatic carbocycles. The lowest BCUT2D eigenvalue weighted by atomic mass is 12.8. The minimum absolute atomic E-state index is 0.625. The van der Waals surface area contributed by atoms with Crippen LogP contribution in [-0.2, 0) is 0 Å². The van der Waals surface area contributed by atoms with Gasteiger partial charge >= 0.3 is 0 Å². The lowest BCUT2D eigenvalue weighted by molar-refractivity contribution is 0.297. The maximum absolute atomic E-state index is 10.0. The molecule has 0 radical (unpaired) electrons. The fourth-order valence-corrected chi connectivity index (χ4v) is 0. The first-order chi connectivity index (χ1) is 1.91. The summed E-state index contributed by atoms with van der Waals surface area (Å²) in [4.78, 5) is 0. The van der Waals surface area contributed by atoms with Crippen molar-refractivity contribution in [3.63, 3.8) is 0 Å². The van der Waals surface area contributed by atoms with E-state index in [2.05, 4.69) is 0 Å². The molecule has 4 heavy (non-hydrogen) atoms.